The zero-order valence-corrected chi connectivity index (χ0v) is 14.9. The standard InChI is InChI=1S/C19H29NO4/c1-4-10-19(13-21)12-20(11-9-17(19)22)18(23)15-5-7-16(8-6-15)24-14(2)3/h5-8,14,17,21-22H,4,9-13H2,1-3H3/t17-,19-/m0/s1. The van der Waals surface area contributed by atoms with Gasteiger partial charge in [-0.05, 0) is 51.0 Å². The molecule has 0 aromatic heterocycles. The second-order valence-corrected chi connectivity index (χ2v) is 6.99. The molecule has 5 heteroatoms. The lowest BCUT2D eigenvalue weighted by Gasteiger charge is -2.45. The summed E-state index contributed by atoms with van der Waals surface area (Å²) in [6.45, 7) is 6.74. The molecule has 0 aliphatic carbocycles. The predicted molar refractivity (Wildman–Crippen MR) is 93.2 cm³/mol. The van der Waals surface area contributed by atoms with Crippen molar-refractivity contribution < 1.29 is 19.7 Å². The van der Waals surface area contributed by atoms with Gasteiger partial charge in [-0.2, -0.15) is 0 Å². The topological polar surface area (TPSA) is 70.0 Å². The van der Waals surface area contributed by atoms with Crippen molar-refractivity contribution in [1.82, 2.24) is 4.90 Å². The summed E-state index contributed by atoms with van der Waals surface area (Å²) in [5.41, 5.74) is -0.00516. The summed E-state index contributed by atoms with van der Waals surface area (Å²) in [5.74, 6) is 0.679. The van der Waals surface area contributed by atoms with Crippen molar-refractivity contribution in [3.63, 3.8) is 0 Å². The van der Waals surface area contributed by atoms with E-state index >= 15 is 0 Å². The summed E-state index contributed by atoms with van der Waals surface area (Å²) in [6, 6.07) is 7.14. The van der Waals surface area contributed by atoms with Crippen molar-refractivity contribution in [3.05, 3.63) is 29.8 Å². The number of amides is 1. The number of piperidine rings is 1. The van der Waals surface area contributed by atoms with Crippen LogP contribution in [-0.2, 0) is 0 Å². The van der Waals surface area contributed by atoms with Gasteiger partial charge in [0.05, 0.1) is 18.8 Å². The molecule has 1 amide bonds. The maximum absolute atomic E-state index is 12.8. The van der Waals surface area contributed by atoms with Gasteiger partial charge in [0.2, 0.25) is 0 Å². The maximum atomic E-state index is 12.8. The molecule has 134 valence electrons. The Bertz CT molecular complexity index is 543. The number of nitrogens with zero attached hydrogens (tertiary/aromatic N) is 1. The Labute approximate surface area is 144 Å². The third kappa shape index (κ3) is 4.08. The van der Waals surface area contributed by atoms with Crippen LogP contribution in [0, 0.1) is 5.41 Å². The zero-order valence-electron chi connectivity index (χ0n) is 14.9. The van der Waals surface area contributed by atoms with Gasteiger partial charge >= 0.3 is 0 Å². The van der Waals surface area contributed by atoms with E-state index in [0.717, 1.165) is 12.2 Å². The first kappa shape index (κ1) is 18.7. The van der Waals surface area contributed by atoms with E-state index in [1.54, 1.807) is 29.2 Å². The molecule has 2 N–H and O–H groups in total. The van der Waals surface area contributed by atoms with E-state index in [0.29, 0.717) is 31.5 Å². The number of carbonyl (C=O) groups excluding carboxylic acids is 1. The van der Waals surface area contributed by atoms with Crippen LogP contribution in [0.1, 0.15) is 50.4 Å². The second kappa shape index (κ2) is 7.99. The van der Waals surface area contributed by atoms with Crippen LogP contribution in [0.3, 0.4) is 0 Å². The number of ether oxygens (including phenoxy) is 1. The van der Waals surface area contributed by atoms with E-state index in [1.807, 2.05) is 20.8 Å². The Hall–Kier alpha value is -1.59. The molecule has 0 spiro atoms. The SMILES string of the molecule is CCC[C@@]1(CO)CN(C(=O)c2ccc(OC(C)C)cc2)CC[C@@H]1O. The summed E-state index contributed by atoms with van der Waals surface area (Å²) in [6.07, 6.45) is 1.60. The minimum atomic E-state index is -0.608. The van der Waals surface area contributed by atoms with Gasteiger partial charge in [-0.25, -0.2) is 0 Å². The minimum absolute atomic E-state index is 0.0630. The number of aliphatic hydroxyl groups excluding tert-OH is 2. The molecule has 0 saturated carbocycles. The monoisotopic (exact) mass is 335 g/mol. The molecule has 1 aliphatic rings. The second-order valence-electron chi connectivity index (χ2n) is 6.99. The number of aliphatic hydroxyl groups is 2. The van der Waals surface area contributed by atoms with E-state index in [-0.39, 0.29) is 18.6 Å². The van der Waals surface area contributed by atoms with Crippen LogP contribution in [0.4, 0.5) is 0 Å². The first-order valence-corrected chi connectivity index (χ1v) is 8.77. The number of benzene rings is 1. The van der Waals surface area contributed by atoms with Gasteiger partial charge in [0.15, 0.2) is 0 Å². The molecule has 2 rings (SSSR count). The summed E-state index contributed by atoms with van der Waals surface area (Å²) < 4.78 is 5.60. The highest BCUT2D eigenvalue weighted by Crippen LogP contribution is 2.35. The van der Waals surface area contributed by atoms with E-state index < -0.39 is 11.5 Å². The van der Waals surface area contributed by atoms with Crippen LogP contribution in [0.5, 0.6) is 5.75 Å². The third-order valence-electron chi connectivity index (χ3n) is 4.71. The molecule has 1 aliphatic heterocycles. The number of rotatable bonds is 6. The average Bonchev–Trinajstić information content (AvgIpc) is 2.56. The number of hydrogen-bond donors (Lipinski definition) is 2. The lowest BCUT2D eigenvalue weighted by Crippen LogP contribution is -2.55. The number of hydrogen-bond acceptors (Lipinski definition) is 4. The molecule has 1 saturated heterocycles. The summed E-state index contributed by atoms with van der Waals surface area (Å²) >= 11 is 0. The van der Waals surface area contributed by atoms with Crippen LogP contribution in [0.25, 0.3) is 0 Å². The van der Waals surface area contributed by atoms with E-state index in [9.17, 15) is 15.0 Å². The van der Waals surface area contributed by atoms with Crippen molar-refractivity contribution in [2.45, 2.75) is 52.2 Å². The molecule has 2 atom stereocenters. The Morgan fingerprint density at radius 1 is 1.38 bits per heavy atom. The van der Waals surface area contributed by atoms with Crippen LogP contribution >= 0.6 is 0 Å². The quantitative estimate of drug-likeness (QED) is 0.838. The fourth-order valence-corrected chi connectivity index (χ4v) is 3.43. The number of likely N-dealkylation sites (tertiary alicyclic amines) is 1. The van der Waals surface area contributed by atoms with Crippen molar-refractivity contribution in [3.8, 4) is 5.75 Å². The molecule has 1 heterocycles. The van der Waals surface area contributed by atoms with Crippen LogP contribution in [-0.4, -0.2) is 52.9 Å². The Balaban J connectivity index is 2.11. The molecular formula is C19H29NO4. The van der Waals surface area contributed by atoms with Crippen molar-refractivity contribution in [2.24, 2.45) is 5.41 Å². The van der Waals surface area contributed by atoms with E-state index in [1.165, 1.54) is 0 Å². The zero-order chi connectivity index (χ0) is 17.7. The maximum Gasteiger partial charge on any atom is 0.253 e. The summed E-state index contributed by atoms with van der Waals surface area (Å²) in [4.78, 5) is 14.5. The first-order valence-electron chi connectivity index (χ1n) is 8.77. The van der Waals surface area contributed by atoms with Gasteiger partial charge in [-0.3, -0.25) is 4.79 Å². The molecule has 5 nitrogen and oxygen atoms in total. The summed E-state index contributed by atoms with van der Waals surface area (Å²) in [5, 5.41) is 20.1. The number of carbonyl (C=O) groups is 1. The third-order valence-corrected chi connectivity index (χ3v) is 4.71. The average molecular weight is 335 g/mol. The molecular weight excluding hydrogens is 306 g/mol. The predicted octanol–water partition coefficient (Wildman–Crippen LogP) is 2.46. The first-order chi connectivity index (χ1) is 11.4. The highest BCUT2D eigenvalue weighted by atomic mass is 16.5. The largest absolute Gasteiger partial charge is 0.491 e. The van der Waals surface area contributed by atoms with Gasteiger partial charge < -0.3 is 19.8 Å². The normalized spacial score (nSPS) is 24.2. The van der Waals surface area contributed by atoms with Crippen molar-refractivity contribution >= 4 is 5.91 Å². The minimum Gasteiger partial charge on any atom is -0.491 e. The molecule has 0 unspecified atom stereocenters. The van der Waals surface area contributed by atoms with Gasteiger partial charge in [0.25, 0.3) is 5.91 Å². The molecule has 24 heavy (non-hydrogen) atoms. The van der Waals surface area contributed by atoms with Gasteiger partial charge in [-0.1, -0.05) is 13.3 Å². The highest BCUT2D eigenvalue weighted by Gasteiger charge is 2.43. The molecule has 1 aromatic carbocycles. The van der Waals surface area contributed by atoms with E-state index in [2.05, 4.69) is 0 Å². The van der Waals surface area contributed by atoms with Gasteiger partial charge in [0.1, 0.15) is 5.75 Å². The lowest BCUT2D eigenvalue weighted by atomic mass is 9.74. The summed E-state index contributed by atoms with van der Waals surface area (Å²) in [7, 11) is 0. The Kier molecular flexibility index (Phi) is 6.24. The van der Waals surface area contributed by atoms with Crippen LogP contribution < -0.4 is 4.74 Å². The lowest BCUT2D eigenvalue weighted by molar-refractivity contribution is -0.0720. The molecule has 1 fully saturated rings. The van der Waals surface area contributed by atoms with Gasteiger partial charge in [0, 0.05) is 24.1 Å². The van der Waals surface area contributed by atoms with Gasteiger partial charge in [-0.15, -0.1) is 0 Å². The molecule has 0 bridgehead atoms. The molecule has 0 radical (unpaired) electrons. The van der Waals surface area contributed by atoms with Crippen LogP contribution in [0.2, 0.25) is 0 Å². The highest BCUT2D eigenvalue weighted by molar-refractivity contribution is 5.94. The van der Waals surface area contributed by atoms with E-state index in [4.69, 9.17) is 4.74 Å². The van der Waals surface area contributed by atoms with Crippen molar-refractivity contribution in [1.29, 1.82) is 0 Å². The van der Waals surface area contributed by atoms with Crippen molar-refractivity contribution in [2.75, 3.05) is 19.7 Å². The smallest absolute Gasteiger partial charge is 0.253 e. The fraction of sp³-hybridized carbons (Fsp3) is 0.632. The Morgan fingerprint density at radius 3 is 2.58 bits per heavy atom. The Morgan fingerprint density at radius 2 is 2.04 bits per heavy atom. The fourth-order valence-electron chi connectivity index (χ4n) is 3.43. The molecule has 1 aromatic rings. The van der Waals surface area contributed by atoms with Crippen LogP contribution in [0.15, 0.2) is 24.3 Å².